The topological polar surface area (TPSA) is 46.6 Å². The van der Waals surface area contributed by atoms with Crippen LogP contribution in [0.1, 0.15) is 25.8 Å². The largest absolute Gasteiger partial charge is 0.453 e. The molecule has 0 radical (unpaired) electrons. The second-order valence-electron chi connectivity index (χ2n) is 5.06. The Morgan fingerprint density at radius 2 is 1.86 bits per heavy atom. The first kappa shape index (κ1) is 17.6. The molecule has 1 aromatic rings. The predicted octanol–water partition coefficient (Wildman–Crippen LogP) is 2.72. The average molecular weight is 309 g/mol. The number of ether oxygens (including phenoxy) is 1. The Morgan fingerprint density at radius 3 is 2.43 bits per heavy atom. The Kier molecular flexibility index (Phi) is 7.29. The number of rotatable bonds is 7. The van der Waals surface area contributed by atoms with Crippen molar-refractivity contribution in [1.29, 1.82) is 0 Å². The molecule has 1 rings (SSSR count). The van der Waals surface area contributed by atoms with Gasteiger partial charge in [0.2, 0.25) is 0 Å². The van der Waals surface area contributed by atoms with E-state index in [2.05, 4.69) is 0 Å². The van der Waals surface area contributed by atoms with E-state index in [1.165, 1.54) is 0 Å². The molecule has 116 valence electrons. The van der Waals surface area contributed by atoms with Crippen molar-refractivity contribution in [3.8, 4) is 0 Å². The summed E-state index contributed by atoms with van der Waals surface area (Å²) in [5, 5.41) is 0.196. The molecule has 2 atom stereocenters. The summed E-state index contributed by atoms with van der Waals surface area (Å²) in [7, 11) is 1.71. The SMILES string of the molecule is CSC(C)CC(=O)OC(C)C(=O)N(C)Cc1ccccc1. The van der Waals surface area contributed by atoms with E-state index in [0.29, 0.717) is 13.0 Å². The molecule has 0 aliphatic carbocycles. The predicted molar refractivity (Wildman–Crippen MR) is 86.1 cm³/mol. The molecule has 0 N–H and O–H groups in total. The lowest BCUT2D eigenvalue weighted by atomic mass is 10.2. The third-order valence-corrected chi connectivity index (χ3v) is 4.12. The van der Waals surface area contributed by atoms with E-state index >= 15 is 0 Å². The molecule has 0 spiro atoms. The van der Waals surface area contributed by atoms with Crippen molar-refractivity contribution in [2.24, 2.45) is 0 Å². The normalized spacial score (nSPS) is 13.3. The van der Waals surface area contributed by atoms with Crippen molar-refractivity contribution in [2.45, 2.75) is 38.2 Å². The van der Waals surface area contributed by atoms with Gasteiger partial charge < -0.3 is 9.64 Å². The van der Waals surface area contributed by atoms with Gasteiger partial charge in [0.1, 0.15) is 0 Å². The maximum atomic E-state index is 12.2. The number of benzene rings is 1. The quantitative estimate of drug-likeness (QED) is 0.727. The number of hydrogen-bond acceptors (Lipinski definition) is 4. The van der Waals surface area contributed by atoms with Crippen LogP contribution in [0.5, 0.6) is 0 Å². The van der Waals surface area contributed by atoms with Crippen molar-refractivity contribution in [2.75, 3.05) is 13.3 Å². The first-order valence-corrected chi connectivity index (χ1v) is 8.24. The number of esters is 1. The van der Waals surface area contributed by atoms with Crippen molar-refractivity contribution < 1.29 is 14.3 Å². The Hall–Kier alpha value is -1.49. The third kappa shape index (κ3) is 6.21. The highest BCUT2D eigenvalue weighted by molar-refractivity contribution is 7.99. The number of thioether (sulfide) groups is 1. The van der Waals surface area contributed by atoms with E-state index in [1.807, 2.05) is 43.5 Å². The lowest BCUT2D eigenvalue weighted by molar-refractivity contribution is -0.158. The summed E-state index contributed by atoms with van der Waals surface area (Å²) < 4.78 is 5.20. The van der Waals surface area contributed by atoms with Gasteiger partial charge in [0.25, 0.3) is 5.91 Å². The van der Waals surface area contributed by atoms with E-state index < -0.39 is 6.10 Å². The zero-order valence-corrected chi connectivity index (χ0v) is 13.9. The van der Waals surface area contributed by atoms with Crippen molar-refractivity contribution in [3.63, 3.8) is 0 Å². The molecule has 21 heavy (non-hydrogen) atoms. The van der Waals surface area contributed by atoms with Gasteiger partial charge in [-0.1, -0.05) is 37.3 Å². The van der Waals surface area contributed by atoms with Crippen LogP contribution in [0.3, 0.4) is 0 Å². The van der Waals surface area contributed by atoms with Gasteiger partial charge >= 0.3 is 5.97 Å². The van der Waals surface area contributed by atoms with Gasteiger partial charge in [-0.3, -0.25) is 9.59 Å². The van der Waals surface area contributed by atoms with Gasteiger partial charge in [0.15, 0.2) is 6.10 Å². The summed E-state index contributed by atoms with van der Waals surface area (Å²) in [5.74, 6) is -0.519. The van der Waals surface area contributed by atoms with Crippen molar-refractivity contribution >= 4 is 23.6 Å². The van der Waals surface area contributed by atoms with Crippen LogP contribution in [0.2, 0.25) is 0 Å². The van der Waals surface area contributed by atoms with Crippen LogP contribution < -0.4 is 0 Å². The molecule has 0 saturated carbocycles. The molecule has 1 amide bonds. The zero-order chi connectivity index (χ0) is 15.8. The fourth-order valence-electron chi connectivity index (χ4n) is 1.86. The average Bonchev–Trinajstić information content (AvgIpc) is 2.46. The zero-order valence-electron chi connectivity index (χ0n) is 13.0. The highest BCUT2D eigenvalue weighted by atomic mass is 32.2. The molecule has 0 aliphatic rings. The molecule has 1 aromatic carbocycles. The number of likely N-dealkylation sites (N-methyl/N-ethyl adjacent to an activating group) is 1. The van der Waals surface area contributed by atoms with E-state index in [9.17, 15) is 9.59 Å². The molecular formula is C16H23NO3S. The van der Waals surface area contributed by atoms with E-state index in [-0.39, 0.29) is 17.1 Å². The second-order valence-corrected chi connectivity index (χ2v) is 6.34. The van der Waals surface area contributed by atoms with Crippen LogP contribution >= 0.6 is 11.8 Å². The standard InChI is InChI=1S/C16H23NO3S/c1-12(21-4)10-15(18)20-13(2)16(19)17(3)11-14-8-6-5-7-9-14/h5-9,12-13H,10-11H2,1-4H3. The Bertz CT molecular complexity index is 464. The molecule has 0 bridgehead atoms. The smallest absolute Gasteiger partial charge is 0.307 e. The molecule has 5 heteroatoms. The summed E-state index contributed by atoms with van der Waals surface area (Å²) in [5.41, 5.74) is 1.04. The molecule has 2 unspecified atom stereocenters. The van der Waals surface area contributed by atoms with E-state index in [0.717, 1.165) is 5.56 Å². The summed E-state index contributed by atoms with van der Waals surface area (Å²) in [6.07, 6.45) is 1.52. The van der Waals surface area contributed by atoms with Gasteiger partial charge in [-0.05, 0) is 18.7 Å². The molecule has 0 aliphatic heterocycles. The number of carbonyl (C=O) groups excluding carboxylic acids is 2. The lowest BCUT2D eigenvalue weighted by Gasteiger charge is -2.22. The van der Waals surface area contributed by atoms with Crippen molar-refractivity contribution in [3.05, 3.63) is 35.9 Å². The van der Waals surface area contributed by atoms with Crippen LogP contribution in [0.25, 0.3) is 0 Å². The van der Waals surface area contributed by atoms with Gasteiger partial charge in [-0.25, -0.2) is 0 Å². The molecule has 0 fully saturated rings. The Balaban J connectivity index is 2.48. The van der Waals surface area contributed by atoms with Gasteiger partial charge in [-0.15, -0.1) is 0 Å². The number of nitrogens with zero attached hydrogens (tertiary/aromatic N) is 1. The molecular weight excluding hydrogens is 286 g/mol. The molecule has 0 aromatic heterocycles. The first-order chi connectivity index (χ1) is 9.93. The van der Waals surface area contributed by atoms with Crippen LogP contribution in [0.15, 0.2) is 30.3 Å². The minimum atomic E-state index is -0.750. The summed E-state index contributed by atoms with van der Waals surface area (Å²) in [6, 6.07) is 9.71. The van der Waals surface area contributed by atoms with Crippen LogP contribution in [-0.2, 0) is 20.9 Å². The fraction of sp³-hybridized carbons (Fsp3) is 0.500. The molecule has 0 saturated heterocycles. The Labute approximate surface area is 130 Å². The number of carbonyl (C=O) groups is 2. The summed E-state index contributed by atoms with van der Waals surface area (Å²) in [4.78, 5) is 25.5. The van der Waals surface area contributed by atoms with Crippen LogP contribution in [0, 0.1) is 0 Å². The fourth-order valence-corrected chi connectivity index (χ4v) is 2.16. The summed E-state index contributed by atoms with van der Waals surface area (Å²) >= 11 is 1.60. The van der Waals surface area contributed by atoms with Gasteiger partial charge in [0, 0.05) is 18.8 Å². The third-order valence-electron chi connectivity index (χ3n) is 3.15. The highest BCUT2D eigenvalue weighted by Crippen LogP contribution is 2.12. The minimum absolute atomic E-state index is 0.191. The minimum Gasteiger partial charge on any atom is -0.453 e. The van der Waals surface area contributed by atoms with E-state index in [4.69, 9.17) is 4.74 Å². The molecule has 0 heterocycles. The summed E-state index contributed by atoms with van der Waals surface area (Å²) in [6.45, 7) is 4.08. The van der Waals surface area contributed by atoms with Crippen LogP contribution in [-0.4, -0.2) is 41.4 Å². The maximum Gasteiger partial charge on any atom is 0.307 e. The highest BCUT2D eigenvalue weighted by Gasteiger charge is 2.22. The van der Waals surface area contributed by atoms with Gasteiger partial charge in [0.05, 0.1) is 6.42 Å². The monoisotopic (exact) mass is 309 g/mol. The van der Waals surface area contributed by atoms with Crippen molar-refractivity contribution in [1.82, 2.24) is 4.90 Å². The maximum absolute atomic E-state index is 12.2. The lowest BCUT2D eigenvalue weighted by Crippen LogP contribution is -2.37. The Morgan fingerprint density at radius 1 is 1.24 bits per heavy atom. The number of amides is 1. The van der Waals surface area contributed by atoms with Gasteiger partial charge in [-0.2, -0.15) is 11.8 Å². The van der Waals surface area contributed by atoms with E-state index in [1.54, 1.807) is 30.6 Å². The van der Waals surface area contributed by atoms with Crippen LogP contribution in [0.4, 0.5) is 0 Å². The molecule has 4 nitrogen and oxygen atoms in total. The number of hydrogen-bond donors (Lipinski definition) is 0. The second kappa shape index (κ2) is 8.72. The first-order valence-electron chi connectivity index (χ1n) is 6.95.